The summed E-state index contributed by atoms with van der Waals surface area (Å²) in [5.74, 6) is -5.03. The number of nitrogens with one attached hydrogen (secondary N) is 2. The molecule has 0 atom stereocenters. The predicted octanol–water partition coefficient (Wildman–Crippen LogP) is 2.50. The number of anilines is 1. The van der Waals surface area contributed by atoms with Gasteiger partial charge in [0.1, 0.15) is 11.6 Å². The summed E-state index contributed by atoms with van der Waals surface area (Å²) >= 11 is 5.85. The van der Waals surface area contributed by atoms with Crippen molar-refractivity contribution < 1.29 is 40.4 Å². The lowest BCUT2D eigenvalue weighted by molar-refractivity contribution is -0.132. The van der Waals surface area contributed by atoms with Crippen LogP contribution in [0.15, 0.2) is 36.4 Å². The van der Waals surface area contributed by atoms with E-state index in [1.165, 1.54) is 16.4 Å². The second-order valence-corrected chi connectivity index (χ2v) is 10.4. The Balaban J connectivity index is 1.84. The molecule has 1 fully saturated rings. The number of benzene rings is 2. The van der Waals surface area contributed by atoms with Crippen molar-refractivity contribution >= 4 is 45.0 Å². The summed E-state index contributed by atoms with van der Waals surface area (Å²) in [5, 5.41) is -0.301. The summed E-state index contributed by atoms with van der Waals surface area (Å²) in [7, 11) is -3.29. The van der Waals surface area contributed by atoms with Gasteiger partial charge in [-0.2, -0.15) is 8.78 Å². The van der Waals surface area contributed by atoms with Gasteiger partial charge in [-0.05, 0) is 30.3 Å². The molecule has 0 saturated carbocycles. The smallest absolute Gasteiger partial charge is 0.322 e. The van der Waals surface area contributed by atoms with Crippen LogP contribution in [-0.4, -0.2) is 62.2 Å². The maximum Gasteiger partial charge on any atom is 0.324 e. The Kier molecular flexibility index (Phi) is 8.40. The van der Waals surface area contributed by atoms with Crippen LogP contribution in [0.5, 0.6) is 0 Å². The highest BCUT2D eigenvalue weighted by molar-refractivity contribution is 7.91. The summed E-state index contributed by atoms with van der Waals surface area (Å²) in [6, 6.07) is 5.79. The Hall–Kier alpha value is -3.39. The van der Waals surface area contributed by atoms with Gasteiger partial charge in [0.2, 0.25) is 0 Å². The molecule has 3 rings (SSSR count). The third kappa shape index (κ3) is 6.63. The molecule has 0 bridgehead atoms. The number of alkyl halides is 2. The van der Waals surface area contributed by atoms with Crippen LogP contribution in [0, 0.1) is 11.6 Å². The number of amides is 4. The molecule has 2 aromatic rings. The lowest BCUT2D eigenvalue weighted by atomic mass is 10.1. The van der Waals surface area contributed by atoms with Crippen LogP contribution in [0.4, 0.5) is 28.0 Å². The molecule has 0 spiro atoms. The van der Waals surface area contributed by atoms with E-state index < -0.39 is 52.3 Å². The number of carbonyl (C=O) groups is 3. The van der Waals surface area contributed by atoms with Gasteiger partial charge in [0.15, 0.2) is 9.84 Å². The fourth-order valence-corrected chi connectivity index (χ4v) is 4.60. The minimum absolute atomic E-state index is 0.0819. The van der Waals surface area contributed by atoms with Crippen molar-refractivity contribution in [2.24, 2.45) is 0 Å². The van der Waals surface area contributed by atoms with Crippen molar-refractivity contribution in [2.45, 2.75) is 13.0 Å². The lowest BCUT2D eigenvalue weighted by Crippen LogP contribution is -2.49. The average Bonchev–Trinajstić information content (AvgIpc) is 2.82. The third-order valence-corrected chi connectivity index (χ3v) is 7.10. The second kappa shape index (κ2) is 11.1. The van der Waals surface area contributed by atoms with E-state index >= 15 is 0 Å². The molecule has 0 unspecified atom stereocenters. The van der Waals surface area contributed by atoms with Gasteiger partial charge in [0.05, 0.1) is 23.1 Å². The molecule has 0 radical (unpaired) electrons. The molecule has 194 valence electrons. The predicted molar refractivity (Wildman–Crippen MR) is 121 cm³/mol. The van der Waals surface area contributed by atoms with E-state index in [4.69, 9.17) is 11.6 Å². The van der Waals surface area contributed by atoms with Gasteiger partial charge in [-0.1, -0.05) is 17.7 Å². The Morgan fingerprint density at radius 1 is 1.00 bits per heavy atom. The van der Waals surface area contributed by atoms with Gasteiger partial charge >= 0.3 is 18.4 Å². The number of sulfone groups is 1. The van der Waals surface area contributed by atoms with Gasteiger partial charge in [0, 0.05) is 29.9 Å². The molecule has 0 aliphatic carbocycles. The standard InChI is InChI=1S/C21H19ClF4N4O5S/c22-15-10-14(3-4-16(15)23)30(21(33)29-5-7-36(34,35)8-6-29)11-13-2-1-12(9-17(13)24)19(31)27-28-20(32)18(25)26/h1-4,9-10,18H,5-8,11H2,(H,27,31)(H,28,32). The van der Waals surface area contributed by atoms with E-state index in [9.17, 15) is 40.4 Å². The minimum Gasteiger partial charge on any atom is -0.322 e. The number of halogens is 5. The summed E-state index contributed by atoms with van der Waals surface area (Å²) in [6.45, 7) is -0.600. The Morgan fingerprint density at radius 3 is 2.25 bits per heavy atom. The van der Waals surface area contributed by atoms with E-state index in [2.05, 4.69) is 0 Å². The molecule has 36 heavy (non-hydrogen) atoms. The van der Waals surface area contributed by atoms with Crippen molar-refractivity contribution in [1.29, 1.82) is 0 Å². The quantitative estimate of drug-likeness (QED) is 0.438. The van der Waals surface area contributed by atoms with Gasteiger partial charge in [0.25, 0.3) is 5.91 Å². The maximum absolute atomic E-state index is 14.9. The zero-order valence-corrected chi connectivity index (χ0v) is 19.9. The topological polar surface area (TPSA) is 116 Å². The Bertz CT molecular complexity index is 1280. The fraction of sp³-hybridized carbons (Fsp3) is 0.286. The average molecular weight is 551 g/mol. The van der Waals surface area contributed by atoms with Gasteiger partial charge in [-0.25, -0.2) is 22.0 Å². The number of hydrogen-bond acceptors (Lipinski definition) is 5. The summed E-state index contributed by atoms with van der Waals surface area (Å²) in [4.78, 5) is 38.4. The number of urea groups is 1. The Labute approximate surface area is 207 Å². The zero-order valence-electron chi connectivity index (χ0n) is 18.3. The lowest BCUT2D eigenvalue weighted by Gasteiger charge is -2.33. The molecule has 2 aromatic carbocycles. The molecular weight excluding hydrogens is 532 g/mol. The number of carbonyl (C=O) groups excluding carboxylic acids is 3. The van der Waals surface area contributed by atoms with E-state index in [1.807, 2.05) is 0 Å². The largest absolute Gasteiger partial charge is 0.324 e. The first-order valence-corrected chi connectivity index (χ1v) is 12.5. The highest BCUT2D eigenvalue weighted by atomic mass is 35.5. The van der Waals surface area contributed by atoms with Crippen LogP contribution in [0.25, 0.3) is 0 Å². The molecule has 15 heteroatoms. The van der Waals surface area contributed by atoms with Crippen molar-refractivity contribution in [3.63, 3.8) is 0 Å². The molecule has 1 saturated heterocycles. The van der Waals surface area contributed by atoms with Gasteiger partial charge in [-0.3, -0.25) is 25.3 Å². The summed E-state index contributed by atoms with van der Waals surface area (Å²) in [5.41, 5.74) is 2.91. The summed E-state index contributed by atoms with van der Waals surface area (Å²) < 4.78 is 76.5. The minimum atomic E-state index is -3.37. The maximum atomic E-state index is 14.9. The van der Waals surface area contributed by atoms with Gasteiger partial charge in [-0.15, -0.1) is 0 Å². The molecular formula is C21H19ClF4N4O5S. The number of hydrogen-bond donors (Lipinski definition) is 2. The van der Waals surface area contributed by atoms with Crippen LogP contribution in [0.3, 0.4) is 0 Å². The van der Waals surface area contributed by atoms with E-state index in [-0.39, 0.29) is 46.4 Å². The van der Waals surface area contributed by atoms with Crippen molar-refractivity contribution in [3.8, 4) is 0 Å². The van der Waals surface area contributed by atoms with E-state index in [0.717, 1.165) is 35.2 Å². The highest BCUT2D eigenvalue weighted by Crippen LogP contribution is 2.26. The first-order valence-electron chi connectivity index (χ1n) is 10.3. The van der Waals surface area contributed by atoms with Gasteiger partial charge < -0.3 is 4.90 Å². The molecule has 1 heterocycles. The first-order chi connectivity index (χ1) is 16.9. The fourth-order valence-electron chi connectivity index (χ4n) is 3.23. The highest BCUT2D eigenvalue weighted by Gasteiger charge is 2.30. The van der Waals surface area contributed by atoms with Crippen molar-refractivity contribution in [2.75, 3.05) is 29.5 Å². The van der Waals surface area contributed by atoms with E-state index in [1.54, 1.807) is 5.43 Å². The normalized spacial score (nSPS) is 14.9. The molecule has 1 aliphatic rings. The molecule has 0 aromatic heterocycles. The first kappa shape index (κ1) is 27.2. The van der Waals surface area contributed by atoms with Crippen LogP contribution in [0.1, 0.15) is 15.9 Å². The SMILES string of the molecule is O=C(NNC(=O)C(F)F)c1ccc(CN(C(=O)N2CCS(=O)(=O)CC2)c2ccc(F)c(Cl)c2)c(F)c1. The van der Waals surface area contributed by atoms with Crippen LogP contribution in [-0.2, 0) is 21.2 Å². The Morgan fingerprint density at radius 2 is 1.67 bits per heavy atom. The van der Waals surface area contributed by atoms with E-state index in [0.29, 0.717) is 0 Å². The molecule has 1 aliphatic heterocycles. The molecule has 9 nitrogen and oxygen atoms in total. The summed E-state index contributed by atoms with van der Waals surface area (Å²) in [6.07, 6.45) is -3.37. The molecule has 2 N–H and O–H groups in total. The van der Waals surface area contributed by atoms with Crippen molar-refractivity contribution in [3.05, 3.63) is 64.2 Å². The van der Waals surface area contributed by atoms with Crippen LogP contribution in [0.2, 0.25) is 5.02 Å². The second-order valence-electron chi connectivity index (χ2n) is 7.66. The number of hydrazine groups is 1. The monoisotopic (exact) mass is 550 g/mol. The zero-order chi connectivity index (χ0) is 26.6. The van der Waals surface area contributed by atoms with Crippen LogP contribution < -0.4 is 15.8 Å². The third-order valence-electron chi connectivity index (χ3n) is 5.20. The van der Waals surface area contributed by atoms with Crippen molar-refractivity contribution in [1.82, 2.24) is 15.8 Å². The number of nitrogens with zero attached hydrogens (tertiary/aromatic N) is 2. The molecule has 4 amide bonds. The number of rotatable bonds is 5. The van der Waals surface area contributed by atoms with Crippen LogP contribution >= 0.6 is 11.6 Å².